The third-order valence-electron chi connectivity index (χ3n) is 3.08. The molecule has 92 valence electrons. The van der Waals surface area contributed by atoms with Crippen LogP contribution in [-0.4, -0.2) is 40.6 Å². The van der Waals surface area contributed by atoms with Gasteiger partial charge in [-0.15, -0.1) is 0 Å². The number of nitrogens with zero attached hydrogens (tertiary/aromatic N) is 3. The van der Waals surface area contributed by atoms with Crippen LogP contribution in [0.3, 0.4) is 0 Å². The fraction of sp³-hybridized carbons (Fsp3) is 0.727. The highest BCUT2D eigenvalue weighted by atomic mass is 35.5. The molecule has 0 aliphatic heterocycles. The zero-order chi connectivity index (χ0) is 12.3. The molecule has 0 bridgehead atoms. The Morgan fingerprint density at radius 3 is 2.56 bits per heavy atom. The van der Waals surface area contributed by atoms with Gasteiger partial charge in [0, 0.05) is 19.1 Å². The molecule has 16 heavy (non-hydrogen) atoms. The highest BCUT2D eigenvalue weighted by Crippen LogP contribution is 2.10. The Kier molecular flexibility index (Phi) is 4.35. The van der Waals surface area contributed by atoms with Gasteiger partial charge in [0.05, 0.1) is 12.7 Å². The molecule has 1 rings (SSSR count). The van der Waals surface area contributed by atoms with E-state index in [0.29, 0.717) is 5.15 Å². The molecule has 0 aliphatic rings. The van der Waals surface area contributed by atoms with Crippen LogP contribution in [0.4, 0.5) is 0 Å². The van der Waals surface area contributed by atoms with Crippen molar-refractivity contribution >= 4 is 11.6 Å². The molecule has 0 aromatic carbocycles. The topological polar surface area (TPSA) is 33.1 Å². The Labute approximate surface area is 103 Å². The number of rotatable bonds is 5. The van der Waals surface area contributed by atoms with Crippen molar-refractivity contribution in [2.45, 2.75) is 25.9 Å². The van der Waals surface area contributed by atoms with E-state index in [1.165, 1.54) is 0 Å². The number of imidazole rings is 1. The van der Waals surface area contributed by atoms with Crippen LogP contribution in [0.25, 0.3) is 0 Å². The summed E-state index contributed by atoms with van der Waals surface area (Å²) in [5, 5.41) is 4.06. The van der Waals surface area contributed by atoms with E-state index in [1.54, 1.807) is 6.20 Å². The number of aromatic nitrogens is 2. The van der Waals surface area contributed by atoms with Gasteiger partial charge in [-0.2, -0.15) is 0 Å². The van der Waals surface area contributed by atoms with E-state index in [1.807, 2.05) is 11.6 Å². The smallest absolute Gasteiger partial charge is 0.128 e. The van der Waals surface area contributed by atoms with Gasteiger partial charge in [0.15, 0.2) is 0 Å². The maximum Gasteiger partial charge on any atom is 0.128 e. The summed E-state index contributed by atoms with van der Waals surface area (Å²) in [6.07, 6.45) is 1.68. The fourth-order valence-corrected chi connectivity index (χ4v) is 1.37. The molecule has 1 heterocycles. The minimum atomic E-state index is 0.134. The van der Waals surface area contributed by atoms with Gasteiger partial charge in [-0.25, -0.2) is 4.98 Å². The van der Waals surface area contributed by atoms with E-state index >= 15 is 0 Å². The normalized spacial score (nSPS) is 12.4. The van der Waals surface area contributed by atoms with Crippen molar-refractivity contribution in [1.29, 1.82) is 0 Å². The third-order valence-corrected chi connectivity index (χ3v) is 3.43. The molecule has 4 nitrogen and oxygen atoms in total. The van der Waals surface area contributed by atoms with Crippen LogP contribution in [0, 0.1) is 0 Å². The van der Waals surface area contributed by atoms with E-state index in [-0.39, 0.29) is 5.54 Å². The highest BCUT2D eigenvalue weighted by Gasteiger charge is 2.19. The molecule has 0 amide bonds. The number of hydrogen-bond acceptors (Lipinski definition) is 3. The van der Waals surface area contributed by atoms with E-state index in [0.717, 1.165) is 18.9 Å². The first-order valence-electron chi connectivity index (χ1n) is 5.39. The molecule has 1 N–H and O–H groups in total. The zero-order valence-corrected chi connectivity index (χ0v) is 11.5. The minimum Gasteiger partial charge on any atom is -0.321 e. The first-order chi connectivity index (χ1) is 7.34. The number of hydrogen-bond donors (Lipinski definition) is 1. The molecule has 0 aliphatic carbocycles. The maximum atomic E-state index is 5.91. The van der Waals surface area contributed by atoms with Crippen molar-refractivity contribution in [1.82, 2.24) is 19.8 Å². The molecule has 1 aromatic heterocycles. The second-order valence-electron chi connectivity index (χ2n) is 4.87. The van der Waals surface area contributed by atoms with Crippen LogP contribution in [-0.2, 0) is 13.6 Å². The Balaban J connectivity index is 2.45. The van der Waals surface area contributed by atoms with Crippen LogP contribution in [0.2, 0.25) is 5.15 Å². The highest BCUT2D eigenvalue weighted by molar-refractivity contribution is 6.29. The zero-order valence-electron chi connectivity index (χ0n) is 10.7. The molecule has 0 spiro atoms. The lowest BCUT2D eigenvalue weighted by molar-refractivity contribution is 0.189. The van der Waals surface area contributed by atoms with Gasteiger partial charge in [-0.3, -0.25) is 0 Å². The van der Waals surface area contributed by atoms with Gasteiger partial charge < -0.3 is 14.8 Å². The first-order valence-corrected chi connectivity index (χ1v) is 5.76. The Hall–Kier alpha value is -0.580. The Bertz CT molecular complexity index is 344. The molecule has 0 saturated heterocycles. The lowest BCUT2D eigenvalue weighted by Crippen LogP contribution is -2.46. The third kappa shape index (κ3) is 3.20. The molecule has 0 atom stereocenters. The number of likely N-dealkylation sites (N-methyl/N-ethyl adjacent to an activating group) is 1. The molecule has 0 saturated carbocycles. The second kappa shape index (κ2) is 5.17. The van der Waals surface area contributed by atoms with Crippen molar-refractivity contribution in [2.75, 3.05) is 20.6 Å². The summed E-state index contributed by atoms with van der Waals surface area (Å²) in [6, 6.07) is 0. The maximum absolute atomic E-state index is 5.91. The van der Waals surface area contributed by atoms with Gasteiger partial charge >= 0.3 is 0 Å². The minimum absolute atomic E-state index is 0.134. The molecular weight excluding hydrogens is 224 g/mol. The van der Waals surface area contributed by atoms with Crippen molar-refractivity contribution in [3.8, 4) is 0 Å². The summed E-state index contributed by atoms with van der Waals surface area (Å²) in [4.78, 5) is 6.43. The average molecular weight is 245 g/mol. The van der Waals surface area contributed by atoms with Gasteiger partial charge in [-0.05, 0) is 27.9 Å². The van der Waals surface area contributed by atoms with E-state index in [2.05, 4.69) is 43.1 Å². The number of nitrogens with one attached hydrogen (secondary N) is 1. The standard InChI is InChI=1S/C11H21ClN4/c1-11(2,15(3)4)8-13-7-10-14-6-9(12)16(10)5/h6,13H,7-8H2,1-5H3. The van der Waals surface area contributed by atoms with Gasteiger partial charge in [-0.1, -0.05) is 11.6 Å². The summed E-state index contributed by atoms with van der Waals surface area (Å²) in [7, 11) is 6.09. The first kappa shape index (κ1) is 13.5. The molecule has 0 unspecified atom stereocenters. The molecule has 5 heteroatoms. The second-order valence-corrected chi connectivity index (χ2v) is 5.25. The number of halogens is 1. The lowest BCUT2D eigenvalue weighted by Gasteiger charge is -2.32. The van der Waals surface area contributed by atoms with Gasteiger partial charge in [0.1, 0.15) is 11.0 Å². The summed E-state index contributed by atoms with van der Waals surface area (Å²) >= 11 is 5.91. The van der Waals surface area contributed by atoms with Gasteiger partial charge in [0.2, 0.25) is 0 Å². The summed E-state index contributed by atoms with van der Waals surface area (Å²) in [5.74, 6) is 0.958. The predicted octanol–water partition coefficient (Wildman–Crippen LogP) is 1.50. The lowest BCUT2D eigenvalue weighted by atomic mass is 10.0. The van der Waals surface area contributed by atoms with E-state index in [4.69, 9.17) is 11.6 Å². The van der Waals surface area contributed by atoms with Crippen LogP contribution in [0.15, 0.2) is 6.20 Å². The monoisotopic (exact) mass is 244 g/mol. The van der Waals surface area contributed by atoms with Gasteiger partial charge in [0.25, 0.3) is 0 Å². The molecular formula is C11H21ClN4. The van der Waals surface area contributed by atoms with E-state index < -0.39 is 0 Å². The van der Waals surface area contributed by atoms with Crippen molar-refractivity contribution in [2.24, 2.45) is 7.05 Å². The summed E-state index contributed by atoms with van der Waals surface area (Å²) in [6.45, 7) is 6.04. The van der Waals surface area contributed by atoms with Crippen molar-refractivity contribution in [3.63, 3.8) is 0 Å². The quantitative estimate of drug-likeness (QED) is 0.852. The Morgan fingerprint density at radius 1 is 1.50 bits per heavy atom. The van der Waals surface area contributed by atoms with E-state index in [9.17, 15) is 0 Å². The SMILES string of the molecule is CN(C)C(C)(C)CNCc1ncc(Cl)n1C. The summed E-state index contributed by atoms with van der Waals surface area (Å²) in [5.41, 5.74) is 0.134. The summed E-state index contributed by atoms with van der Waals surface area (Å²) < 4.78 is 1.89. The molecule has 0 radical (unpaired) electrons. The molecule has 1 aromatic rings. The van der Waals surface area contributed by atoms with Crippen molar-refractivity contribution in [3.05, 3.63) is 17.2 Å². The molecule has 0 fully saturated rings. The van der Waals surface area contributed by atoms with Crippen LogP contribution in [0.1, 0.15) is 19.7 Å². The fourth-order valence-electron chi connectivity index (χ4n) is 1.23. The van der Waals surface area contributed by atoms with Crippen LogP contribution < -0.4 is 5.32 Å². The largest absolute Gasteiger partial charge is 0.321 e. The predicted molar refractivity (Wildman–Crippen MR) is 67.7 cm³/mol. The average Bonchev–Trinajstić information content (AvgIpc) is 2.49. The van der Waals surface area contributed by atoms with Crippen LogP contribution in [0.5, 0.6) is 0 Å². The Morgan fingerprint density at radius 2 is 2.12 bits per heavy atom. The van der Waals surface area contributed by atoms with Crippen LogP contribution >= 0.6 is 11.6 Å². The van der Waals surface area contributed by atoms with Crippen molar-refractivity contribution < 1.29 is 0 Å².